The van der Waals surface area contributed by atoms with E-state index in [2.05, 4.69) is 4.74 Å². The normalized spacial score (nSPS) is 26.6. The van der Waals surface area contributed by atoms with Crippen LogP contribution in [0.3, 0.4) is 0 Å². The molecule has 0 saturated heterocycles. The third kappa shape index (κ3) is 7.09. The number of esters is 2. The van der Waals surface area contributed by atoms with Gasteiger partial charge >= 0.3 is 18.3 Å². The van der Waals surface area contributed by atoms with Crippen LogP contribution in [0, 0.1) is 17.3 Å². The lowest BCUT2D eigenvalue weighted by molar-refractivity contribution is -0.275. The molecule has 1 N–H and O–H groups in total. The molecule has 6 rings (SSSR count). The Morgan fingerprint density at radius 1 is 0.953 bits per heavy atom. The minimum absolute atomic E-state index is 0.0473. The number of hydrogen-bond acceptors (Lipinski definition) is 8. The molecule has 4 aliphatic rings. The Bertz CT molecular complexity index is 1470. The van der Waals surface area contributed by atoms with Gasteiger partial charge in [0.25, 0.3) is 10.1 Å². The van der Waals surface area contributed by atoms with Crippen molar-refractivity contribution in [1.29, 1.82) is 0 Å². The predicted molar refractivity (Wildman–Crippen MR) is 146 cm³/mol. The number of benzene rings is 2. The monoisotopic (exact) mass is 626 g/mol. The fraction of sp³-hybridized carbons (Fsp3) is 0.533. The summed E-state index contributed by atoms with van der Waals surface area (Å²) < 4.78 is 92.3. The Morgan fingerprint density at radius 3 is 2.21 bits per heavy atom. The first kappa shape index (κ1) is 31.1. The molecule has 43 heavy (non-hydrogen) atoms. The lowest BCUT2D eigenvalue weighted by Crippen LogP contribution is -2.60. The molecule has 0 radical (unpaired) electrons. The zero-order valence-corrected chi connectivity index (χ0v) is 24.5. The summed E-state index contributed by atoms with van der Waals surface area (Å²) >= 11 is 0. The molecule has 4 bridgehead atoms. The van der Waals surface area contributed by atoms with Crippen LogP contribution in [0.15, 0.2) is 48.5 Å². The molecule has 234 valence electrons. The second-order valence-corrected chi connectivity index (χ2v) is 14.0. The number of hydrogen-bond donors (Lipinski definition) is 1. The van der Waals surface area contributed by atoms with E-state index in [4.69, 9.17) is 18.8 Å². The maximum Gasteiger partial charge on any atom is 0.573 e. The Kier molecular flexibility index (Phi) is 7.95. The minimum Gasteiger partial charge on any atom is -0.479 e. The van der Waals surface area contributed by atoms with E-state index in [-0.39, 0.29) is 29.6 Å². The Hall–Kier alpha value is -3.32. The van der Waals surface area contributed by atoms with Gasteiger partial charge in [0.15, 0.2) is 11.5 Å². The number of halogens is 3. The van der Waals surface area contributed by atoms with E-state index in [1.165, 1.54) is 6.07 Å². The average molecular weight is 627 g/mol. The molecule has 2 aromatic carbocycles. The molecule has 0 spiro atoms. The van der Waals surface area contributed by atoms with Crippen LogP contribution >= 0.6 is 0 Å². The van der Waals surface area contributed by atoms with Gasteiger partial charge in [-0.1, -0.05) is 30.3 Å². The minimum atomic E-state index is -5.00. The third-order valence-electron chi connectivity index (χ3n) is 8.56. The van der Waals surface area contributed by atoms with Crippen molar-refractivity contribution in [2.45, 2.75) is 69.9 Å². The Labute approximate surface area is 247 Å². The van der Waals surface area contributed by atoms with E-state index < -0.39 is 63.1 Å². The van der Waals surface area contributed by atoms with Crippen molar-refractivity contribution in [3.63, 3.8) is 0 Å². The van der Waals surface area contributed by atoms with E-state index in [1.54, 1.807) is 44.2 Å². The molecular weight excluding hydrogens is 593 g/mol. The van der Waals surface area contributed by atoms with Crippen LogP contribution in [-0.4, -0.2) is 49.2 Å². The van der Waals surface area contributed by atoms with Gasteiger partial charge in [-0.15, -0.1) is 13.2 Å². The smallest absolute Gasteiger partial charge is 0.479 e. The van der Waals surface area contributed by atoms with E-state index >= 15 is 0 Å². The molecule has 9 nitrogen and oxygen atoms in total. The fourth-order valence-corrected chi connectivity index (χ4v) is 7.58. The summed E-state index contributed by atoms with van der Waals surface area (Å²) in [4.78, 5) is 26.7. The first-order valence-electron chi connectivity index (χ1n) is 14.0. The van der Waals surface area contributed by atoms with Crippen molar-refractivity contribution in [3.8, 4) is 11.5 Å². The molecule has 2 atom stereocenters. The molecule has 2 aromatic rings. The number of rotatable bonds is 10. The van der Waals surface area contributed by atoms with Gasteiger partial charge in [0.1, 0.15) is 23.6 Å². The maximum atomic E-state index is 13.5. The summed E-state index contributed by atoms with van der Waals surface area (Å²) in [6.07, 6.45) is -1.88. The van der Waals surface area contributed by atoms with Crippen LogP contribution in [0.5, 0.6) is 11.5 Å². The molecule has 4 saturated carbocycles. The van der Waals surface area contributed by atoms with Gasteiger partial charge in [0.2, 0.25) is 0 Å². The van der Waals surface area contributed by atoms with Crippen LogP contribution in [0.4, 0.5) is 13.2 Å². The van der Waals surface area contributed by atoms with Gasteiger partial charge in [-0.05, 0) is 81.5 Å². The number of alkyl halides is 3. The van der Waals surface area contributed by atoms with E-state index in [1.807, 2.05) is 0 Å². The van der Waals surface area contributed by atoms with Crippen LogP contribution < -0.4 is 9.47 Å². The summed E-state index contributed by atoms with van der Waals surface area (Å²) in [6.45, 7) is 2.86. The van der Waals surface area contributed by atoms with Gasteiger partial charge in [-0.3, -0.25) is 9.35 Å². The highest BCUT2D eigenvalue weighted by molar-refractivity contribution is 7.85. The third-order valence-corrected chi connectivity index (χ3v) is 9.25. The maximum absolute atomic E-state index is 13.5. The summed E-state index contributed by atoms with van der Waals surface area (Å²) in [6, 6.07) is 12.2. The van der Waals surface area contributed by atoms with Crippen LogP contribution in [-0.2, 0) is 30.0 Å². The molecule has 0 heterocycles. The number of carbonyl (C=O) groups excluding carboxylic acids is 2. The quantitative estimate of drug-likeness (QED) is 0.256. The van der Waals surface area contributed by atoms with E-state index in [0.29, 0.717) is 31.2 Å². The first-order valence-corrected chi connectivity index (χ1v) is 15.6. The predicted octanol–water partition coefficient (Wildman–Crippen LogP) is 5.83. The van der Waals surface area contributed by atoms with Crippen molar-refractivity contribution >= 4 is 22.1 Å². The van der Waals surface area contributed by atoms with Gasteiger partial charge in [0, 0.05) is 6.42 Å². The molecule has 4 fully saturated rings. The van der Waals surface area contributed by atoms with Crippen LogP contribution in [0.1, 0.15) is 68.3 Å². The van der Waals surface area contributed by atoms with E-state index in [9.17, 15) is 31.2 Å². The highest BCUT2D eigenvalue weighted by Crippen LogP contribution is 2.63. The molecule has 2 unspecified atom stereocenters. The first-order chi connectivity index (χ1) is 20.0. The van der Waals surface area contributed by atoms with Crippen molar-refractivity contribution in [2.75, 3.05) is 12.4 Å². The molecule has 4 aliphatic carbocycles. The van der Waals surface area contributed by atoms with Crippen LogP contribution in [0.2, 0.25) is 0 Å². The zero-order chi connectivity index (χ0) is 31.3. The second-order valence-electron chi connectivity index (χ2n) is 12.4. The molecule has 0 aliphatic heterocycles. The lowest BCUT2D eigenvalue weighted by atomic mass is 9.48. The summed E-state index contributed by atoms with van der Waals surface area (Å²) in [5.41, 5.74) is -2.40. The van der Waals surface area contributed by atoms with Gasteiger partial charge < -0.3 is 18.9 Å². The van der Waals surface area contributed by atoms with Gasteiger partial charge in [-0.25, -0.2) is 4.79 Å². The average Bonchev–Trinajstić information content (AvgIpc) is 2.87. The molecule has 0 aromatic heterocycles. The summed E-state index contributed by atoms with van der Waals surface area (Å²) in [5, 5.41) is 0. The van der Waals surface area contributed by atoms with Gasteiger partial charge in [-0.2, -0.15) is 8.42 Å². The van der Waals surface area contributed by atoms with Crippen molar-refractivity contribution in [2.24, 2.45) is 17.3 Å². The number of ether oxygens (including phenoxy) is 4. The molecule has 0 amide bonds. The Morgan fingerprint density at radius 2 is 1.60 bits per heavy atom. The fourth-order valence-electron chi connectivity index (χ4n) is 7.28. The highest BCUT2D eigenvalue weighted by Gasteiger charge is 2.63. The van der Waals surface area contributed by atoms with E-state index in [0.717, 1.165) is 18.6 Å². The van der Waals surface area contributed by atoms with Crippen LogP contribution in [0.25, 0.3) is 0 Å². The second kappa shape index (κ2) is 11.0. The van der Waals surface area contributed by atoms with Crippen molar-refractivity contribution in [3.05, 3.63) is 59.7 Å². The largest absolute Gasteiger partial charge is 0.573 e. The number of carbonyl (C=O) groups is 2. The van der Waals surface area contributed by atoms with Crippen molar-refractivity contribution < 1.29 is 54.7 Å². The highest BCUT2D eigenvalue weighted by atomic mass is 32.2. The SMILES string of the molecule is CC(C)(Oc1cc(C(=O)OC23CC4CC(C2)CC(C(=O)OCCS(=O)(=O)O)(C4)C3)ccc1OC(F)(F)F)c1ccccc1. The molecule has 13 heteroatoms. The standard InChI is InChI=1S/C30H33F3O9S/c1-27(2,22-6-4-3-5-7-22)40-24-13-21(8-9-23(24)41-30(31,32)33)25(34)42-29-16-19-12-20(17-29)15-28(14-19,18-29)26(35)39-10-11-43(36,37)38/h3-9,13,19-20H,10-12,14-18H2,1-2H3,(H,36,37,38). The van der Waals surface area contributed by atoms with Crippen molar-refractivity contribution in [1.82, 2.24) is 0 Å². The van der Waals surface area contributed by atoms with Gasteiger partial charge in [0.05, 0.1) is 11.0 Å². The summed E-state index contributed by atoms with van der Waals surface area (Å²) in [5.74, 6) is -2.84. The summed E-state index contributed by atoms with van der Waals surface area (Å²) in [7, 11) is -4.31. The zero-order valence-electron chi connectivity index (χ0n) is 23.7. The lowest BCUT2D eigenvalue weighted by Gasteiger charge is -2.59. The molecular formula is C30H33F3O9S. The topological polar surface area (TPSA) is 125 Å². The Balaban J connectivity index is 1.38.